The summed E-state index contributed by atoms with van der Waals surface area (Å²) in [7, 11) is -3.59. The number of benzene rings is 12. The molecular weight excluding hydrogens is 1210 g/mol. The molecule has 462 valence electrons. The summed E-state index contributed by atoms with van der Waals surface area (Å²) in [5.74, 6) is 0. The molecule has 0 bridgehead atoms. The van der Waals surface area contributed by atoms with Crippen LogP contribution in [0, 0.1) is 0 Å². The van der Waals surface area contributed by atoms with E-state index in [9.17, 15) is 5.48 Å². The van der Waals surface area contributed by atoms with Crippen LogP contribution in [0.4, 0.5) is 34.1 Å². The third-order valence-corrected chi connectivity index (χ3v) is 24.1. The monoisotopic (exact) mass is 1280 g/mol. The zero-order chi connectivity index (χ0) is 69.6. The zero-order valence-corrected chi connectivity index (χ0v) is 56.8. The predicted octanol–water partition coefficient (Wildman–Crippen LogP) is 20.2. The van der Waals surface area contributed by atoms with Gasteiger partial charge in [-0.25, -0.2) is 0 Å². The minimum Gasteiger partial charge on any atom is -0.310 e. The molecule has 0 atom stereocenters. The smallest absolute Gasteiger partial charge is 0.252 e. The van der Waals surface area contributed by atoms with Gasteiger partial charge in [-0.15, -0.1) is 0 Å². The van der Waals surface area contributed by atoms with Gasteiger partial charge in [0.1, 0.15) is 0 Å². The lowest BCUT2D eigenvalue weighted by Crippen LogP contribution is -2.61. The third kappa shape index (κ3) is 9.50. The van der Waals surface area contributed by atoms with Crippen LogP contribution in [0.1, 0.15) is 6.85 Å². The van der Waals surface area contributed by atoms with Crippen LogP contribution in [0.5, 0.6) is 0 Å². The molecular formula is C88H69BN6Si2. The van der Waals surface area contributed by atoms with Crippen molar-refractivity contribution in [2.75, 3.05) is 9.80 Å². The Balaban J connectivity index is 1.04. The molecule has 0 fully saturated rings. The summed E-state index contributed by atoms with van der Waals surface area (Å²) in [6, 6.07) is 89.8. The zero-order valence-electron chi connectivity index (χ0n) is 59.8. The first-order valence-corrected chi connectivity index (χ1v) is 40.4. The summed E-state index contributed by atoms with van der Waals surface area (Å²) in [6.45, 7) is 14.1. The van der Waals surface area contributed by atoms with E-state index in [2.05, 4.69) is 289 Å². The van der Waals surface area contributed by atoms with E-state index in [0.29, 0.717) is 5.56 Å². The molecule has 0 saturated heterocycles. The van der Waals surface area contributed by atoms with Crippen LogP contribution in [0.3, 0.4) is 0 Å². The Morgan fingerprint density at radius 3 is 1.06 bits per heavy atom. The summed E-state index contributed by atoms with van der Waals surface area (Å²) in [6.07, 6.45) is 7.89. The normalized spacial score (nSPS) is 13.5. The summed E-state index contributed by atoms with van der Waals surface area (Å²) >= 11 is 0. The van der Waals surface area contributed by atoms with E-state index in [4.69, 9.17) is 11.3 Å². The molecule has 0 saturated carbocycles. The van der Waals surface area contributed by atoms with Crippen molar-refractivity contribution < 1.29 is 6.85 Å². The molecule has 6 heterocycles. The van der Waals surface area contributed by atoms with E-state index in [-0.39, 0.29) is 17.6 Å². The fourth-order valence-electron chi connectivity index (χ4n) is 15.4. The van der Waals surface area contributed by atoms with Crippen molar-refractivity contribution in [1.82, 2.24) is 19.1 Å². The Bertz CT molecular complexity index is 5860. The minimum absolute atomic E-state index is 0.0871. The summed E-state index contributed by atoms with van der Waals surface area (Å²) < 4.78 is 52.7. The third-order valence-electron chi connectivity index (χ3n) is 20.0. The highest BCUT2D eigenvalue weighted by atomic mass is 28.3. The lowest BCUT2D eigenvalue weighted by atomic mass is 9.33. The first-order chi connectivity index (χ1) is 49.5. The van der Waals surface area contributed by atoms with Crippen LogP contribution in [0.2, 0.25) is 39.3 Å². The van der Waals surface area contributed by atoms with E-state index in [1.165, 1.54) is 21.1 Å². The molecule has 97 heavy (non-hydrogen) atoms. The standard InChI is InChI=1S/C88H69BN6Si2/c1-96(2,3)66-42-46-80-70(52-66)71-53-67(97(4,5)6)43-47-81(71)93(80)65-41-45-77-83(51-65)95(88-74(61-32-18-10-19-33-61)56-91-57-75(88)62-34-20-11-21-35-62)85-49-63(58-26-12-7-13-27-58)48-84-86(85)89(77)76-44-40-64(92-78-38-24-22-36-68(78)69-37-23-25-39-79(69)92)50-82(76)94(84)87-72(59-28-14-8-15-29-59)54-90-55-73(87)60-30-16-9-17-31-60/h7-57H,1-6H3/i7D,12D,13D,26D,27D. The van der Waals surface area contributed by atoms with Crippen molar-refractivity contribution >= 4 is 127 Å². The van der Waals surface area contributed by atoms with Crippen LogP contribution in [-0.2, 0) is 0 Å². The average Bonchev–Trinajstić information content (AvgIpc) is 1.01. The number of nitrogens with zero attached hydrogens (tertiary/aromatic N) is 6. The molecule has 2 aliphatic rings. The van der Waals surface area contributed by atoms with E-state index >= 15 is 0 Å². The molecule has 0 amide bonds. The SMILES string of the molecule is [2H]c1c([2H])c([2H])c(-c2cc3c4c(c2)N(c2c(-c5ccccc5)cncc2-c2ccccc2)c2cc(-n5c6ccc([Si](C)(C)C)cc6c6cc([Si](C)(C)C)ccc65)ccc2B4c2ccc(-n4c5ccccc5c5ccccc54)cc2N3c2c(-c3ccccc3)cncc2-c2ccccc2)c([2H])c1[2H]. The summed E-state index contributed by atoms with van der Waals surface area (Å²) in [5, 5.41) is 7.53. The predicted molar refractivity (Wildman–Crippen MR) is 418 cm³/mol. The number of rotatable bonds is 11. The molecule has 9 heteroatoms. The van der Waals surface area contributed by atoms with Crippen molar-refractivity contribution in [3.05, 3.63) is 310 Å². The number of para-hydroxylation sites is 2. The Kier molecular flexibility index (Phi) is 12.4. The van der Waals surface area contributed by atoms with Gasteiger partial charge in [0.25, 0.3) is 6.71 Å². The van der Waals surface area contributed by atoms with Gasteiger partial charge in [0, 0.05) is 103 Å². The fourth-order valence-corrected chi connectivity index (χ4v) is 17.7. The molecule has 16 aromatic rings. The molecule has 2 aliphatic heterocycles. The Morgan fingerprint density at radius 2 is 0.680 bits per heavy atom. The number of hydrogen-bond donors (Lipinski definition) is 0. The van der Waals surface area contributed by atoms with Gasteiger partial charge >= 0.3 is 0 Å². The topological polar surface area (TPSA) is 42.1 Å². The summed E-state index contributed by atoms with van der Waals surface area (Å²) in [5.41, 5.74) is 22.2. The molecule has 0 unspecified atom stereocenters. The van der Waals surface area contributed by atoms with Crippen LogP contribution in [-0.4, -0.2) is 42.0 Å². The van der Waals surface area contributed by atoms with Gasteiger partial charge in [-0.2, -0.15) is 0 Å². The Hall–Kier alpha value is -11.4. The lowest BCUT2D eigenvalue weighted by molar-refractivity contribution is 1.16. The highest BCUT2D eigenvalue weighted by molar-refractivity contribution is 7.00. The fraction of sp³-hybridized carbons (Fsp3) is 0.0682. The first kappa shape index (κ1) is 53.0. The second-order valence-electron chi connectivity index (χ2n) is 27.8. The van der Waals surface area contributed by atoms with Gasteiger partial charge in [-0.05, 0) is 110 Å². The van der Waals surface area contributed by atoms with Gasteiger partial charge in [0.2, 0.25) is 0 Å². The highest BCUT2D eigenvalue weighted by Crippen LogP contribution is 2.54. The average molecular weight is 1280 g/mol. The molecule has 0 aliphatic carbocycles. The van der Waals surface area contributed by atoms with Gasteiger partial charge in [0.15, 0.2) is 0 Å². The van der Waals surface area contributed by atoms with Crippen molar-refractivity contribution in [3.63, 3.8) is 0 Å². The molecule has 12 aromatic carbocycles. The molecule has 18 rings (SSSR count). The Morgan fingerprint density at radius 1 is 0.320 bits per heavy atom. The van der Waals surface area contributed by atoms with Gasteiger partial charge in [-0.1, -0.05) is 274 Å². The first-order valence-electron chi connectivity index (χ1n) is 35.9. The number of pyridine rings is 2. The highest BCUT2D eigenvalue weighted by Gasteiger charge is 2.46. The van der Waals surface area contributed by atoms with Crippen LogP contribution in [0.15, 0.2) is 310 Å². The van der Waals surface area contributed by atoms with E-state index in [1.807, 2.05) is 49.1 Å². The van der Waals surface area contributed by atoms with Crippen molar-refractivity contribution in [2.45, 2.75) is 39.3 Å². The quantitative estimate of drug-likeness (QED) is 0.121. The minimum atomic E-state index is -1.80. The maximum absolute atomic E-state index is 10.0. The van der Waals surface area contributed by atoms with Crippen molar-refractivity contribution in [2.24, 2.45) is 0 Å². The van der Waals surface area contributed by atoms with Gasteiger partial charge < -0.3 is 18.9 Å². The van der Waals surface area contributed by atoms with Crippen LogP contribution < -0.4 is 36.6 Å². The van der Waals surface area contributed by atoms with E-state index < -0.39 is 41.0 Å². The van der Waals surface area contributed by atoms with Crippen molar-refractivity contribution in [3.8, 4) is 67.0 Å². The lowest BCUT2D eigenvalue weighted by Gasteiger charge is -2.46. The van der Waals surface area contributed by atoms with Gasteiger partial charge in [-0.3, -0.25) is 9.97 Å². The number of hydrogen-bond acceptors (Lipinski definition) is 4. The van der Waals surface area contributed by atoms with Crippen LogP contribution >= 0.6 is 0 Å². The Labute approximate surface area is 575 Å². The maximum Gasteiger partial charge on any atom is 0.252 e. The molecule has 0 N–H and O–H groups in total. The molecule has 0 spiro atoms. The number of anilines is 6. The van der Waals surface area contributed by atoms with Crippen LogP contribution in [0.25, 0.3) is 111 Å². The second-order valence-corrected chi connectivity index (χ2v) is 38.0. The molecule has 4 aromatic heterocycles. The van der Waals surface area contributed by atoms with Gasteiger partial charge in [0.05, 0.1) is 56.4 Å². The number of fused-ring (bicyclic) bond motifs is 10. The maximum atomic E-state index is 10.0. The van der Waals surface area contributed by atoms with E-state index in [1.54, 1.807) is 0 Å². The largest absolute Gasteiger partial charge is 0.310 e. The summed E-state index contributed by atoms with van der Waals surface area (Å²) in [4.78, 5) is 15.1. The number of aromatic nitrogens is 4. The second kappa shape index (κ2) is 22.7. The molecule has 0 radical (unpaired) electrons. The van der Waals surface area contributed by atoms with E-state index in [0.717, 1.165) is 139 Å². The molecule has 6 nitrogen and oxygen atoms in total. The van der Waals surface area contributed by atoms with Crippen molar-refractivity contribution in [1.29, 1.82) is 0 Å².